The number of amides is 1. The van der Waals surface area contributed by atoms with Crippen LogP contribution in [0.4, 0.5) is 5.69 Å². The zero-order valence-corrected chi connectivity index (χ0v) is 19.3. The first-order chi connectivity index (χ1) is 15.3. The minimum absolute atomic E-state index is 0.0407. The number of carbonyl (C=O) groups is 1. The number of benzene rings is 1. The third-order valence-corrected chi connectivity index (χ3v) is 8.36. The Bertz CT molecular complexity index is 1420. The molecule has 0 saturated carbocycles. The molecule has 1 N–H and O–H groups in total. The highest BCUT2D eigenvalue weighted by Crippen LogP contribution is 2.33. The maximum absolute atomic E-state index is 13.4. The number of nitrogens with zero attached hydrogens (tertiary/aromatic N) is 3. The van der Waals surface area contributed by atoms with Gasteiger partial charge in [0, 0.05) is 5.69 Å². The molecule has 32 heavy (non-hydrogen) atoms. The number of anilines is 1. The van der Waals surface area contributed by atoms with Crippen LogP contribution in [0.2, 0.25) is 0 Å². The van der Waals surface area contributed by atoms with E-state index in [0.29, 0.717) is 40.1 Å². The molecule has 0 radical (unpaired) electrons. The molecule has 0 bridgehead atoms. The number of aromatic nitrogens is 3. The molecule has 1 saturated heterocycles. The highest BCUT2D eigenvalue weighted by Gasteiger charge is 2.32. The molecule has 3 aromatic heterocycles. The molecule has 1 aromatic carbocycles. The van der Waals surface area contributed by atoms with Gasteiger partial charge >= 0.3 is 0 Å². The summed E-state index contributed by atoms with van der Waals surface area (Å²) in [5.41, 5.74) is 4.16. The molecule has 0 unspecified atom stereocenters. The van der Waals surface area contributed by atoms with Crippen molar-refractivity contribution in [2.75, 3.05) is 16.8 Å². The van der Waals surface area contributed by atoms with Crippen LogP contribution in [0, 0.1) is 13.8 Å². The molecular weight excluding hydrogens is 444 g/mol. The molecule has 4 aromatic rings. The van der Waals surface area contributed by atoms with Crippen molar-refractivity contribution in [2.24, 2.45) is 0 Å². The lowest BCUT2D eigenvalue weighted by Crippen LogP contribution is -2.15. The number of sulfone groups is 1. The van der Waals surface area contributed by atoms with Crippen LogP contribution in [0.3, 0.4) is 0 Å². The summed E-state index contributed by atoms with van der Waals surface area (Å²) in [7, 11) is -3.09. The molecular formula is C23H22N4O3S2. The Morgan fingerprint density at radius 3 is 2.62 bits per heavy atom. The minimum atomic E-state index is -3.09. The number of fused-ring (bicyclic) bond motifs is 1. The highest BCUT2D eigenvalue weighted by molar-refractivity contribution is 7.91. The van der Waals surface area contributed by atoms with Crippen LogP contribution in [0.1, 0.15) is 34.1 Å². The lowest BCUT2D eigenvalue weighted by atomic mass is 10.1. The van der Waals surface area contributed by atoms with Gasteiger partial charge in [-0.25, -0.2) is 18.1 Å². The van der Waals surface area contributed by atoms with Crippen LogP contribution in [-0.4, -0.2) is 40.6 Å². The summed E-state index contributed by atoms with van der Waals surface area (Å²) in [6.07, 6.45) is 0.494. The Labute approximate surface area is 190 Å². The molecule has 0 spiro atoms. The summed E-state index contributed by atoms with van der Waals surface area (Å²) >= 11 is 1.54. The number of thiophene rings is 1. The van der Waals surface area contributed by atoms with Crippen LogP contribution < -0.4 is 5.32 Å². The fraction of sp³-hybridized carbons (Fsp3) is 0.261. The molecule has 1 aliphatic rings. The maximum atomic E-state index is 13.4. The third-order valence-electron chi connectivity index (χ3n) is 5.72. The molecule has 164 valence electrons. The fourth-order valence-electron chi connectivity index (χ4n) is 4.10. The Kier molecular flexibility index (Phi) is 5.10. The van der Waals surface area contributed by atoms with Gasteiger partial charge in [-0.1, -0.05) is 23.8 Å². The Morgan fingerprint density at radius 1 is 1.19 bits per heavy atom. The Balaban J connectivity index is 1.66. The van der Waals surface area contributed by atoms with E-state index in [-0.39, 0.29) is 23.5 Å². The van der Waals surface area contributed by atoms with Gasteiger partial charge in [-0.15, -0.1) is 11.3 Å². The largest absolute Gasteiger partial charge is 0.322 e. The van der Waals surface area contributed by atoms with Crippen molar-refractivity contribution in [3.05, 3.63) is 64.7 Å². The highest BCUT2D eigenvalue weighted by atomic mass is 32.2. The number of aryl methyl sites for hydroxylation is 2. The van der Waals surface area contributed by atoms with Crippen LogP contribution in [0.15, 0.2) is 47.8 Å². The van der Waals surface area contributed by atoms with Gasteiger partial charge in [0.1, 0.15) is 0 Å². The second-order valence-electron chi connectivity index (χ2n) is 8.14. The lowest BCUT2D eigenvalue weighted by molar-refractivity contribution is 0.102. The van der Waals surface area contributed by atoms with E-state index in [9.17, 15) is 13.2 Å². The van der Waals surface area contributed by atoms with Gasteiger partial charge in [0.05, 0.1) is 44.8 Å². The van der Waals surface area contributed by atoms with Gasteiger partial charge < -0.3 is 5.32 Å². The predicted octanol–water partition coefficient (Wildman–Crippen LogP) is 4.39. The van der Waals surface area contributed by atoms with Crippen LogP contribution in [-0.2, 0) is 9.84 Å². The van der Waals surface area contributed by atoms with E-state index in [1.165, 1.54) is 11.3 Å². The van der Waals surface area contributed by atoms with Crippen molar-refractivity contribution in [2.45, 2.75) is 26.3 Å². The van der Waals surface area contributed by atoms with Gasteiger partial charge in [-0.3, -0.25) is 4.79 Å². The Morgan fingerprint density at radius 2 is 1.97 bits per heavy atom. The second-order valence-corrected chi connectivity index (χ2v) is 11.3. The standard InChI is InChI=1S/C23H22N4O3S2/c1-14-5-7-16(8-6-14)24-23(28)18-12-19(20-4-3-10-31-20)25-22-21(18)15(2)26-27(22)17-9-11-32(29,30)13-17/h3-8,10,12,17H,9,11,13H2,1-2H3,(H,24,28)/t17-/m1/s1. The second kappa shape index (κ2) is 7.83. The number of rotatable bonds is 4. The summed E-state index contributed by atoms with van der Waals surface area (Å²) in [6.45, 7) is 3.82. The molecule has 4 heterocycles. The van der Waals surface area contributed by atoms with Gasteiger partial charge in [0.2, 0.25) is 0 Å². The molecule has 5 rings (SSSR count). The monoisotopic (exact) mass is 466 g/mol. The zero-order chi connectivity index (χ0) is 22.5. The lowest BCUT2D eigenvalue weighted by Gasteiger charge is -2.12. The smallest absolute Gasteiger partial charge is 0.256 e. The first kappa shape index (κ1) is 20.8. The summed E-state index contributed by atoms with van der Waals surface area (Å²) in [6, 6.07) is 13.0. The summed E-state index contributed by atoms with van der Waals surface area (Å²) in [4.78, 5) is 19.1. The number of nitrogens with one attached hydrogen (secondary N) is 1. The number of hydrogen-bond donors (Lipinski definition) is 1. The fourth-order valence-corrected chi connectivity index (χ4v) is 6.48. The minimum Gasteiger partial charge on any atom is -0.322 e. The predicted molar refractivity (Wildman–Crippen MR) is 127 cm³/mol. The van der Waals surface area contributed by atoms with Gasteiger partial charge in [0.15, 0.2) is 15.5 Å². The van der Waals surface area contributed by atoms with Crippen molar-refractivity contribution in [3.8, 4) is 10.6 Å². The molecule has 1 amide bonds. The zero-order valence-electron chi connectivity index (χ0n) is 17.7. The van der Waals surface area contributed by atoms with Crippen LogP contribution in [0.5, 0.6) is 0 Å². The van der Waals surface area contributed by atoms with Crippen molar-refractivity contribution >= 4 is 43.8 Å². The van der Waals surface area contributed by atoms with E-state index in [1.54, 1.807) is 10.7 Å². The molecule has 9 heteroatoms. The number of pyridine rings is 1. The maximum Gasteiger partial charge on any atom is 0.256 e. The molecule has 0 aliphatic carbocycles. The first-order valence-corrected chi connectivity index (χ1v) is 13.0. The Hall–Kier alpha value is -3.04. The molecule has 1 atom stereocenters. The summed E-state index contributed by atoms with van der Waals surface area (Å²) < 4.78 is 25.9. The van der Waals surface area contributed by atoms with Crippen molar-refractivity contribution in [1.82, 2.24) is 14.8 Å². The first-order valence-electron chi connectivity index (χ1n) is 10.3. The topological polar surface area (TPSA) is 93.9 Å². The van der Waals surface area contributed by atoms with E-state index in [1.807, 2.05) is 55.6 Å². The SMILES string of the molecule is Cc1ccc(NC(=O)c2cc(-c3cccs3)nc3c2c(C)nn3[C@@H]2CCS(=O)(=O)C2)cc1. The van der Waals surface area contributed by atoms with Crippen molar-refractivity contribution < 1.29 is 13.2 Å². The van der Waals surface area contributed by atoms with Crippen LogP contribution >= 0.6 is 11.3 Å². The molecule has 1 fully saturated rings. The summed E-state index contributed by atoms with van der Waals surface area (Å²) in [5.74, 6) is -0.0663. The van der Waals surface area contributed by atoms with Crippen molar-refractivity contribution in [3.63, 3.8) is 0 Å². The van der Waals surface area contributed by atoms with Crippen LogP contribution in [0.25, 0.3) is 21.6 Å². The van der Waals surface area contributed by atoms with Gasteiger partial charge in [0.25, 0.3) is 5.91 Å². The summed E-state index contributed by atoms with van der Waals surface area (Å²) in [5, 5.41) is 10.2. The van der Waals surface area contributed by atoms with E-state index >= 15 is 0 Å². The van der Waals surface area contributed by atoms with Gasteiger partial charge in [-0.2, -0.15) is 5.10 Å². The number of hydrogen-bond acceptors (Lipinski definition) is 6. The average molecular weight is 467 g/mol. The number of carbonyl (C=O) groups excluding carboxylic acids is 1. The van der Waals surface area contributed by atoms with E-state index in [2.05, 4.69) is 10.4 Å². The molecule has 7 nitrogen and oxygen atoms in total. The van der Waals surface area contributed by atoms with E-state index in [0.717, 1.165) is 10.4 Å². The molecule has 1 aliphatic heterocycles. The quantitative estimate of drug-likeness (QED) is 0.481. The van der Waals surface area contributed by atoms with E-state index in [4.69, 9.17) is 4.98 Å². The normalized spacial score (nSPS) is 17.6. The van der Waals surface area contributed by atoms with E-state index < -0.39 is 9.84 Å². The van der Waals surface area contributed by atoms with Crippen molar-refractivity contribution in [1.29, 1.82) is 0 Å². The third kappa shape index (κ3) is 3.82. The average Bonchev–Trinajstić information content (AvgIpc) is 3.48. The van der Waals surface area contributed by atoms with Gasteiger partial charge in [-0.05, 0) is 49.9 Å².